The molecule has 4 nitrogen and oxygen atoms in total. The van der Waals surface area contributed by atoms with E-state index in [2.05, 4.69) is 66.1 Å². The number of para-hydroxylation sites is 2. The van der Waals surface area contributed by atoms with Gasteiger partial charge in [-0.05, 0) is 43.7 Å². The lowest BCUT2D eigenvalue weighted by molar-refractivity contribution is 0.414. The van der Waals surface area contributed by atoms with Crippen molar-refractivity contribution >= 4 is 17.3 Å². The van der Waals surface area contributed by atoms with Crippen LogP contribution in [0.25, 0.3) is 11.1 Å². The molecule has 0 amide bonds. The van der Waals surface area contributed by atoms with E-state index in [1.165, 1.54) is 0 Å². The minimum Gasteiger partial charge on any atom is -0.497 e. The number of anilines is 2. The van der Waals surface area contributed by atoms with Gasteiger partial charge in [0.15, 0.2) is 0 Å². The molecule has 0 bridgehead atoms. The molecule has 3 aromatic rings. The van der Waals surface area contributed by atoms with Gasteiger partial charge >= 0.3 is 0 Å². The van der Waals surface area contributed by atoms with E-state index in [0.717, 1.165) is 33.8 Å². The van der Waals surface area contributed by atoms with Crippen molar-refractivity contribution < 1.29 is 4.74 Å². The Morgan fingerprint density at radius 2 is 1.50 bits per heavy atom. The first-order valence-corrected chi connectivity index (χ1v) is 9.57. The Bertz CT molecular complexity index is 1010. The molecule has 28 heavy (non-hydrogen) atoms. The van der Waals surface area contributed by atoms with Crippen LogP contribution in [0.5, 0.6) is 5.75 Å². The molecule has 4 rings (SSSR count). The van der Waals surface area contributed by atoms with Gasteiger partial charge in [0, 0.05) is 17.2 Å². The summed E-state index contributed by atoms with van der Waals surface area (Å²) in [5.74, 6) is 1.31. The normalized spacial score (nSPS) is 13.2. The monoisotopic (exact) mass is 371 g/mol. The second kappa shape index (κ2) is 7.39. The van der Waals surface area contributed by atoms with Crippen LogP contribution in [0.1, 0.15) is 19.4 Å². The van der Waals surface area contributed by atoms with Gasteiger partial charge in [0.1, 0.15) is 5.75 Å². The zero-order valence-electron chi connectivity index (χ0n) is 16.5. The highest BCUT2D eigenvalue weighted by atomic mass is 16.5. The van der Waals surface area contributed by atoms with Crippen molar-refractivity contribution in [2.75, 3.05) is 16.9 Å². The first kappa shape index (κ1) is 18.1. The Labute approximate surface area is 166 Å². The first-order valence-electron chi connectivity index (χ1n) is 9.57. The molecule has 0 unspecified atom stereocenters. The molecule has 0 aromatic heterocycles. The van der Waals surface area contributed by atoms with Gasteiger partial charge in [-0.3, -0.25) is 5.41 Å². The number of rotatable bonds is 4. The summed E-state index contributed by atoms with van der Waals surface area (Å²) in [6.07, 6.45) is 0. The average molecular weight is 371 g/mol. The maximum absolute atomic E-state index is 9.10. The van der Waals surface area contributed by atoms with Crippen LogP contribution >= 0.6 is 0 Å². The SMILES string of the molecule is COc1cccc(CN2C(=N)N(C(C)C)c3ccccc3-c3ccccc32)c1. The topological polar surface area (TPSA) is 39.6 Å². The van der Waals surface area contributed by atoms with Crippen molar-refractivity contribution in [3.05, 3.63) is 78.4 Å². The Morgan fingerprint density at radius 3 is 2.18 bits per heavy atom. The van der Waals surface area contributed by atoms with Gasteiger partial charge in [0.25, 0.3) is 0 Å². The third-order valence-electron chi connectivity index (χ3n) is 5.12. The van der Waals surface area contributed by atoms with E-state index in [4.69, 9.17) is 10.1 Å². The molecule has 0 fully saturated rings. The second-order valence-corrected chi connectivity index (χ2v) is 7.26. The molecule has 142 valence electrons. The molecule has 4 heteroatoms. The van der Waals surface area contributed by atoms with Crippen LogP contribution in [0.3, 0.4) is 0 Å². The largest absolute Gasteiger partial charge is 0.497 e. The molecule has 0 saturated carbocycles. The van der Waals surface area contributed by atoms with Crippen molar-refractivity contribution in [2.24, 2.45) is 0 Å². The maximum atomic E-state index is 9.10. The summed E-state index contributed by atoms with van der Waals surface area (Å²) in [5, 5.41) is 9.10. The third kappa shape index (κ3) is 3.11. The highest BCUT2D eigenvalue weighted by molar-refractivity contribution is 6.12. The Morgan fingerprint density at radius 1 is 0.857 bits per heavy atom. The van der Waals surface area contributed by atoms with E-state index in [0.29, 0.717) is 12.5 Å². The fourth-order valence-electron chi connectivity index (χ4n) is 3.84. The molecule has 1 aliphatic rings. The molecule has 0 saturated heterocycles. The number of hydrogen-bond donors (Lipinski definition) is 1. The number of benzene rings is 3. The van der Waals surface area contributed by atoms with Crippen LogP contribution in [-0.4, -0.2) is 19.1 Å². The molecule has 1 heterocycles. The van der Waals surface area contributed by atoms with Crippen LogP contribution in [0, 0.1) is 5.41 Å². The van der Waals surface area contributed by atoms with Gasteiger partial charge in [0.05, 0.1) is 25.0 Å². The molecule has 0 atom stereocenters. The summed E-state index contributed by atoms with van der Waals surface area (Å²) in [6.45, 7) is 4.86. The van der Waals surface area contributed by atoms with E-state index in [-0.39, 0.29) is 6.04 Å². The van der Waals surface area contributed by atoms with Crippen molar-refractivity contribution in [3.63, 3.8) is 0 Å². The van der Waals surface area contributed by atoms with Crippen LogP contribution < -0.4 is 14.5 Å². The molecule has 3 aromatic carbocycles. The van der Waals surface area contributed by atoms with E-state index >= 15 is 0 Å². The van der Waals surface area contributed by atoms with Crippen molar-refractivity contribution in [1.82, 2.24) is 0 Å². The lowest BCUT2D eigenvalue weighted by atomic mass is 10.0. The molecule has 0 aliphatic carbocycles. The smallest absolute Gasteiger partial charge is 0.203 e. The summed E-state index contributed by atoms with van der Waals surface area (Å²) in [4.78, 5) is 4.19. The average Bonchev–Trinajstić information content (AvgIpc) is 2.82. The van der Waals surface area contributed by atoms with Crippen LogP contribution in [0.15, 0.2) is 72.8 Å². The molecule has 1 N–H and O–H groups in total. The van der Waals surface area contributed by atoms with E-state index in [9.17, 15) is 0 Å². The van der Waals surface area contributed by atoms with Gasteiger partial charge in [-0.1, -0.05) is 48.5 Å². The predicted molar refractivity (Wildman–Crippen MR) is 116 cm³/mol. The molecule has 0 radical (unpaired) electrons. The fraction of sp³-hybridized carbons (Fsp3) is 0.208. The minimum atomic E-state index is 0.163. The van der Waals surface area contributed by atoms with Crippen LogP contribution in [-0.2, 0) is 6.54 Å². The molecule has 0 spiro atoms. The Balaban J connectivity index is 1.88. The van der Waals surface area contributed by atoms with Gasteiger partial charge in [0.2, 0.25) is 5.96 Å². The summed E-state index contributed by atoms with van der Waals surface area (Å²) in [7, 11) is 1.68. The number of guanidine groups is 1. The summed E-state index contributed by atoms with van der Waals surface area (Å²) in [5.41, 5.74) is 5.53. The molecular formula is C24H25N3O. The van der Waals surface area contributed by atoms with Crippen molar-refractivity contribution in [1.29, 1.82) is 5.41 Å². The van der Waals surface area contributed by atoms with Gasteiger partial charge in [-0.15, -0.1) is 0 Å². The van der Waals surface area contributed by atoms with E-state index < -0.39 is 0 Å². The lowest BCUT2D eigenvalue weighted by Gasteiger charge is -2.34. The standard InChI is InChI=1S/C24H25N3O/c1-17(2)27-23-14-7-5-12-21(23)20-11-4-6-13-22(20)26(24(27)25)16-18-9-8-10-19(15-18)28-3/h4-15,17,25H,16H2,1-3H3. The zero-order valence-corrected chi connectivity index (χ0v) is 16.5. The Kier molecular flexibility index (Phi) is 4.78. The van der Waals surface area contributed by atoms with E-state index in [1.54, 1.807) is 7.11 Å². The van der Waals surface area contributed by atoms with Crippen molar-refractivity contribution in [3.8, 4) is 16.9 Å². The van der Waals surface area contributed by atoms with Crippen molar-refractivity contribution in [2.45, 2.75) is 26.4 Å². The summed E-state index contributed by atoms with van der Waals surface area (Å²) >= 11 is 0. The zero-order chi connectivity index (χ0) is 19.7. The summed E-state index contributed by atoms with van der Waals surface area (Å²) in [6, 6.07) is 24.9. The fourth-order valence-corrected chi connectivity index (χ4v) is 3.84. The van der Waals surface area contributed by atoms with Crippen LogP contribution in [0.2, 0.25) is 0 Å². The number of nitrogens with one attached hydrogen (secondary N) is 1. The maximum Gasteiger partial charge on any atom is 0.203 e. The molecule has 1 aliphatic heterocycles. The van der Waals surface area contributed by atoms with E-state index in [1.807, 2.05) is 30.3 Å². The van der Waals surface area contributed by atoms with Gasteiger partial charge in [-0.2, -0.15) is 0 Å². The predicted octanol–water partition coefficient (Wildman–Crippen LogP) is 5.53. The van der Waals surface area contributed by atoms with Crippen LogP contribution in [0.4, 0.5) is 11.4 Å². The quantitative estimate of drug-likeness (QED) is 0.655. The third-order valence-corrected chi connectivity index (χ3v) is 5.12. The molecular weight excluding hydrogens is 346 g/mol. The Hall–Kier alpha value is -3.27. The van der Waals surface area contributed by atoms with Gasteiger partial charge in [-0.25, -0.2) is 0 Å². The highest BCUT2D eigenvalue weighted by Gasteiger charge is 2.30. The summed E-state index contributed by atoms with van der Waals surface area (Å²) < 4.78 is 5.39. The number of hydrogen-bond acceptors (Lipinski definition) is 2. The second-order valence-electron chi connectivity index (χ2n) is 7.26. The minimum absolute atomic E-state index is 0.163. The number of ether oxygens (including phenoxy) is 1. The lowest BCUT2D eigenvalue weighted by Crippen LogP contribution is -2.46. The highest BCUT2D eigenvalue weighted by Crippen LogP contribution is 2.42. The first-order chi connectivity index (χ1) is 13.6. The number of nitrogens with zero attached hydrogens (tertiary/aromatic N) is 2. The number of methoxy groups -OCH3 is 1. The number of fused-ring (bicyclic) bond motifs is 3. The van der Waals surface area contributed by atoms with Gasteiger partial charge < -0.3 is 14.5 Å².